The standard InChI is InChI=1S/C18H21N3O5/c22-13-3-1-7-21-15(13)19-11-12(17(21)25)16(24)20-8-5-18(6-9-20)14(23)4-2-10-26-18/h1,3,7,11,14,22-23H,2,4-6,8-10H2/t14-/m0/s1. The summed E-state index contributed by atoms with van der Waals surface area (Å²) in [7, 11) is 0. The molecule has 8 heteroatoms. The van der Waals surface area contributed by atoms with Gasteiger partial charge in [-0.1, -0.05) is 0 Å². The molecule has 8 nitrogen and oxygen atoms in total. The number of aliphatic hydroxyl groups is 1. The van der Waals surface area contributed by atoms with Gasteiger partial charge in [0, 0.05) is 32.1 Å². The number of carbonyl (C=O) groups is 1. The van der Waals surface area contributed by atoms with Gasteiger partial charge in [-0.05, 0) is 37.8 Å². The van der Waals surface area contributed by atoms with Crippen LogP contribution in [0.15, 0.2) is 29.3 Å². The third-order valence-corrected chi connectivity index (χ3v) is 5.46. The van der Waals surface area contributed by atoms with E-state index in [9.17, 15) is 19.8 Å². The monoisotopic (exact) mass is 359 g/mol. The summed E-state index contributed by atoms with van der Waals surface area (Å²) >= 11 is 0. The van der Waals surface area contributed by atoms with Crippen LogP contribution in [0.4, 0.5) is 0 Å². The molecule has 1 amide bonds. The number of nitrogens with zero attached hydrogens (tertiary/aromatic N) is 3. The van der Waals surface area contributed by atoms with E-state index in [0.29, 0.717) is 39.0 Å². The Morgan fingerprint density at radius 1 is 1.35 bits per heavy atom. The van der Waals surface area contributed by atoms with Crippen molar-refractivity contribution in [3.63, 3.8) is 0 Å². The fourth-order valence-corrected chi connectivity index (χ4v) is 3.89. The van der Waals surface area contributed by atoms with Gasteiger partial charge in [-0.25, -0.2) is 4.98 Å². The van der Waals surface area contributed by atoms with Crippen molar-refractivity contribution in [3.8, 4) is 5.75 Å². The van der Waals surface area contributed by atoms with Crippen LogP contribution < -0.4 is 5.56 Å². The van der Waals surface area contributed by atoms with Gasteiger partial charge in [0.15, 0.2) is 11.4 Å². The molecular formula is C18H21N3O5. The number of ether oxygens (including phenoxy) is 1. The Hall–Kier alpha value is -2.45. The number of likely N-dealkylation sites (tertiary alicyclic amines) is 1. The van der Waals surface area contributed by atoms with Gasteiger partial charge < -0.3 is 19.8 Å². The number of amides is 1. The van der Waals surface area contributed by atoms with Crippen LogP contribution in [0.3, 0.4) is 0 Å². The highest BCUT2D eigenvalue weighted by molar-refractivity contribution is 5.94. The molecule has 0 aliphatic carbocycles. The summed E-state index contributed by atoms with van der Waals surface area (Å²) in [5.41, 5.74) is -0.998. The van der Waals surface area contributed by atoms with Crippen molar-refractivity contribution >= 4 is 11.6 Å². The average molecular weight is 359 g/mol. The molecule has 2 aliphatic heterocycles. The first-order valence-electron chi connectivity index (χ1n) is 8.82. The highest BCUT2D eigenvalue weighted by Crippen LogP contribution is 2.35. The summed E-state index contributed by atoms with van der Waals surface area (Å²) in [6.07, 6.45) is 4.83. The van der Waals surface area contributed by atoms with Crippen molar-refractivity contribution in [1.29, 1.82) is 0 Å². The van der Waals surface area contributed by atoms with Crippen LogP contribution in [0.1, 0.15) is 36.0 Å². The van der Waals surface area contributed by atoms with Gasteiger partial charge in [-0.3, -0.25) is 14.0 Å². The maximum Gasteiger partial charge on any atom is 0.270 e. The van der Waals surface area contributed by atoms with Gasteiger partial charge in [0.1, 0.15) is 5.56 Å². The molecule has 2 fully saturated rings. The second-order valence-corrected chi connectivity index (χ2v) is 6.93. The predicted octanol–water partition coefficient (Wildman–Crippen LogP) is 0.546. The molecule has 1 atom stereocenters. The van der Waals surface area contributed by atoms with Gasteiger partial charge in [-0.2, -0.15) is 0 Å². The first-order valence-corrected chi connectivity index (χ1v) is 8.82. The maximum absolute atomic E-state index is 12.8. The molecule has 2 aliphatic rings. The number of hydrogen-bond donors (Lipinski definition) is 2. The normalized spacial score (nSPS) is 22.7. The summed E-state index contributed by atoms with van der Waals surface area (Å²) in [6.45, 7) is 1.46. The molecular weight excluding hydrogens is 338 g/mol. The number of aromatic hydroxyl groups is 1. The number of carbonyl (C=O) groups excluding carboxylic acids is 1. The summed E-state index contributed by atoms with van der Waals surface area (Å²) in [5, 5.41) is 20.1. The van der Waals surface area contributed by atoms with Gasteiger partial charge in [-0.15, -0.1) is 0 Å². The molecule has 0 unspecified atom stereocenters. The summed E-state index contributed by atoms with van der Waals surface area (Å²) < 4.78 is 7.02. The van der Waals surface area contributed by atoms with E-state index in [4.69, 9.17) is 4.74 Å². The number of rotatable bonds is 1. The molecule has 2 aromatic heterocycles. The van der Waals surface area contributed by atoms with Crippen LogP contribution in [-0.2, 0) is 4.74 Å². The third kappa shape index (κ3) is 2.65. The number of aliphatic hydroxyl groups excluding tert-OH is 1. The van der Waals surface area contributed by atoms with Crippen LogP contribution in [0.25, 0.3) is 5.65 Å². The van der Waals surface area contributed by atoms with Crippen molar-refractivity contribution in [1.82, 2.24) is 14.3 Å². The lowest BCUT2D eigenvalue weighted by molar-refractivity contribution is -0.174. The van der Waals surface area contributed by atoms with E-state index in [1.807, 2.05) is 0 Å². The molecule has 0 saturated carbocycles. The van der Waals surface area contributed by atoms with E-state index in [1.165, 1.54) is 28.9 Å². The summed E-state index contributed by atoms with van der Waals surface area (Å²) in [4.78, 5) is 31.1. The van der Waals surface area contributed by atoms with E-state index in [1.54, 1.807) is 4.90 Å². The van der Waals surface area contributed by atoms with Crippen molar-refractivity contribution in [2.45, 2.75) is 37.4 Å². The van der Waals surface area contributed by atoms with E-state index < -0.39 is 17.3 Å². The van der Waals surface area contributed by atoms with Crippen molar-refractivity contribution < 1.29 is 19.7 Å². The molecule has 138 valence electrons. The maximum atomic E-state index is 12.8. The van der Waals surface area contributed by atoms with E-state index in [0.717, 1.165) is 6.42 Å². The Labute approximate surface area is 149 Å². The highest BCUT2D eigenvalue weighted by atomic mass is 16.5. The largest absolute Gasteiger partial charge is 0.504 e. The molecule has 4 heterocycles. The fourth-order valence-electron chi connectivity index (χ4n) is 3.89. The van der Waals surface area contributed by atoms with Crippen LogP contribution >= 0.6 is 0 Å². The van der Waals surface area contributed by atoms with Crippen LogP contribution in [-0.4, -0.2) is 61.8 Å². The molecule has 4 rings (SSSR count). The highest BCUT2D eigenvalue weighted by Gasteiger charge is 2.44. The van der Waals surface area contributed by atoms with E-state index in [2.05, 4.69) is 4.98 Å². The Balaban J connectivity index is 1.57. The lowest BCUT2D eigenvalue weighted by Gasteiger charge is -2.46. The topological polar surface area (TPSA) is 104 Å². The minimum absolute atomic E-state index is 0.0332. The molecule has 0 aromatic carbocycles. The second-order valence-electron chi connectivity index (χ2n) is 6.93. The molecule has 2 aromatic rings. The molecule has 2 saturated heterocycles. The third-order valence-electron chi connectivity index (χ3n) is 5.46. The molecule has 0 bridgehead atoms. The molecule has 26 heavy (non-hydrogen) atoms. The average Bonchev–Trinajstić information content (AvgIpc) is 2.65. The zero-order chi connectivity index (χ0) is 18.3. The van der Waals surface area contributed by atoms with E-state index >= 15 is 0 Å². The quantitative estimate of drug-likeness (QED) is 0.770. The van der Waals surface area contributed by atoms with Gasteiger partial charge in [0.2, 0.25) is 0 Å². The lowest BCUT2D eigenvalue weighted by Crippen LogP contribution is -2.56. The predicted molar refractivity (Wildman–Crippen MR) is 92.2 cm³/mol. The lowest BCUT2D eigenvalue weighted by atomic mass is 9.82. The molecule has 0 radical (unpaired) electrons. The number of aromatic nitrogens is 2. The molecule has 2 N–H and O–H groups in total. The van der Waals surface area contributed by atoms with E-state index in [-0.39, 0.29) is 22.9 Å². The van der Waals surface area contributed by atoms with Crippen molar-refractivity contribution in [2.75, 3.05) is 19.7 Å². The van der Waals surface area contributed by atoms with Gasteiger partial charge in [0.25, 0.3) is 11.5 Å². The fraction of sp³-hybridized carbons (Fsp3) is 0.500. The Bertz CT molecular complexity index is 901. The van der Waals surface area contributed by atoms with Crippen molar-refractivity contribution in [3.05, 3.63) is 40.4 Å². The second kappa shape index (κ2) is 6.37. The zero-order valence-corrected chi connectivity index (χ0v) is 14.3. The SMILES string of the molecule is O=C(c1cnc2c(O)cccn2c1=O)N1CCC2(CC1)OCCC[C@@H]2O. The van der Waals surface area contributed by atoms with Crippen LogP contribution in [0.5, 0.6) is 5.75 Å². The zero-order valence-electron chi connectivity index (χ0n) is 14.3. The van der Waals surface area contributed by atoms with Crippen molar-refractivity contribution in [2.24, 2.45) is 0 Å². The smallest absolute Gasteiger partial charge is 0.270 e. The number of fused-ring (bicyclic) bond motifs is 1. The minimum Gasteiger partial charge on any atom is -0.504 e. The Morgan fingerprint density at radius 3 is 2.85 bits per heavy atom. The Morgan fingerprint density at radius 2 is 2.12 bits per heavy atom. The van der Waals surface area contributed by atoms with Gasteiger partial charge in [0.05, 0.1) is 11.7 Å². The summed E-state index contributed by atoms with van der Waals surface area (Å²) in [6, 6.07) is 2.95. The Kier molecular flexibility index (Phi) is 4.16. The number of hydrogen-bond acceptors (Lipinski definition) is 6. The number of piperidine rings is 1. The summed E-state index contributed by atoms with van der Waals surface area (Å²) in [5.74, 6) is -0.507. The minimum atomic E-state index is -0.572. The van der Waals surface area contributed by atoms with Gasteiger partial charge >= 0.3 is 0 Å². The van der Waals surface area contributed by atoms with Crippen LogP contribution in [0, 0.1) is 0 Å². The number of pyridine rings is 1. The molecule has 1 spiro atoms. The first-order chi connectivity index (χ1) is 12.5. The van der Waals surface area contributed by atoms with Crippen LogP contribution in [0.2, 0.25) is 0 Å². The first kappa shape index (κ1) is 17.0.